The maximum Gasteiger partial charge on any atom is 0.230 e. The minimum absolute atomic E-state index is 0.0189. The first-order chi connectivity index (χ1) is 9.36. The van der Waals surface area contributed by atoms with Gasteiger partial charge in [-0.3, -0.25) is 4.79 Å². The molecule has 1 aromatic carbocycles. The zero-order valence-electron chi connectivity index (χ0n) is 11.9. The van der Waals surface area contributed by atoms with E-state index >= 15 is 0 Å². The van der Waals surface area contributed by atoms with Crippen molar-refractivity contribution >= 4 is 28.1 Å². The number of para-hydroxylation sites is 1. The summed E-state index contributed by atoms with van der Waals surface area (Å²) in [5.41, 5.74) is 8.22. The van der Waals surface area contributed by atoms with Crippen molar-refractivity contribution in [3.8, 4) is 0 Å². The van der Waals surface area contributed by atoms with E-state index < -0.39 is 0 Å². The molecule has 0 radical (unpaired) electrons. The number of aromatic nitrogens is 1. The maximum absolute atomic E-state index is 12.1. The lowest BCUT2D eigenvalue weighted by atomic mass is 9.86. The Kier molecular flexibility index (Phi) is 4.09. The minimum atomic E-state index is -0.0769. The Morgan fingerprint density at radius 2 is 2.05 bits per heavy atom. The van der Waals surface area contributed by atoms with E-state index in [0.29, 0.717) is 10.8 Å². The first kappa shape index (κ1) is 14.5. The van der Waals surface area contributed by atoms with Gasteiger partial charge in [-0.25, -0.2) is 4.98 Å². The molecule has 1 heterocycles. The van der Waals surface area contributed by atoms with Crippen LogP contribution in [0.3, 0.4) is 0 Å². The third-order valence-corrected chi connectivity index (χ3v) is 3.64. The van der Waals surface area contributed by atoms with Gasteiger partial charge in [-0.1, -0.05) is 39.0 Å². The fourth-order valence-electron chi connectivity index (χ4n) is 2.01. The second kappa shape index (κ2) is 5.63. The van der Waals surface area contributed by atoms with Gasteiger partial charge in [0, 0.05) is 11.1 Å². The number of anilines is 2. The molecule has 0 unspecified atom stereocenters. The van der Waals surface area contributed by atoms with E-state index in [1.807, 2.05) is 29.6 Å². The Morgan fingerprint density at radius 3 is 2.65 bits per heavy atom. The molecule has 0 aliphatic rings. The monoisotopic (exact) mass is 289 g/mol. The van der Waals surface area contributed by atoms with Crippen molar-refractivity contribution in [2.75, 3.05) is 11.1 Å². The van der Waals surface area contributed by atoms with Crippen LogP contribution in [0.15, 0.2) is 29.6 Å². The van der Waals surface area contributed by atoms with Crippen LogP contribution >= 0.6 is 11.3 Å². The molecule has 0 saturated carbocycles. The van der Waals surface area contributed by atoms with Crippen LogP contribution in [0.2, 0.25) is 0 Å². The zero-order chi connectivity index (χ0) is 14.8. The SMILES string of the molecule is CC(C)(C)c1ccccc1NC(=O)Cc1csc(N)n1. The fraction of sp³-hybridized carbons (Fsp3) is 0.333. The number of nitrogens with two attached hydrogens (primary N) is 1. The van der Waals surface area contributed by atoms with Crippen molar-refractivity contribution in [3.05, 3.63) is 40.9 Å². The van der Waals surface area contributed by atoms with Crippen molar-refractivity contribution in [2.24, 2.45) is 0 Å². The molecule has 2 rings (SSSR count). The van der Waals surface area contributed by atoms with Crippen molar-refractivity contribution in [3.63, 3.8) is 0 Å². The normalized spacial score (nSPS) is 11.3. The molecule has 0 aliphatic carbocycles. The van der Waals surface area contributed by atoms with Crippen LogP contribution in [0.5, 0.6) is 0 Å². The molecule has 0 aliphatic heterocycles. The van der Waals surface area contributed by atoms with Crippen LogP contribution in [0.1, 0.15) is 32.0 Å². The number of hydrogen-bond acceptors (Lipinski definition) is 4. The highest BCUT2D eigenvalue weighted by molar-refractivity contribution is 7.13. The highest BCUT2D eigenvalue weighted by Crippen LogP contribution is 2.29. The molecule has 5 heteroatoms. The molecule has 0 bridgehead atoms. The molecular weight excluding hydrogens is 270 g/mol. The van der Waals surface area contributed by atoms with Gasteiger partial charge in [-0.05, 0) is 17.0 Å². The van der Waals surface area contributed by atoms with E-state index in [4.69, 9.17) is 5.73 Å². The van der Waals surface area contributed by atoms with Gasteiger partial charge in [0.25, 0.3) is 0 Å². The van der Waals surface area contributed by atoms with Gasteiger partial charge >= 0.3 is 0 Å². The standard InChI is InChI=1S/C15H19N3OS/c1-15(2,3)11-6-4-5-7-12(11)18-13(19)8-10-9-20-14(16)17-10/h4-7,9H,8H2,1-3H3,(H2,16,17)(H,18,19). The lowest BCUT2D eigenvalue weighted by molar-refractivity contribution is -0.115. The van der Waals surface area contributed by atoms with Gasteiger partial charge in [0.1, 0.15) is 0 Å². The van der Waals surface area contributed by atoms with E-state index in [1.54, 1.807) is 0 Å². The number of nitrogens with zero attached hydrogens (tertiary/aromatic N) is 1. The summed E-state index contributed by atoms with van der Waals surface area (Å²) in [5, 5.41) is 5.26. The number of amides is 1. The van der Waals surface area contributed by atoms with Gasteiger partial charge in [-0.15, -0.1) is 11.3 Å². The topological polar surface area (TPSA) is 68.0 Å². The Morgan fingerprint density at radius 1 is 1.35 bits per heavy atom. The molecule has 1 aromatic heterocycles. The molecule has 0 saturated heterocycles. The molecule has 2 aromatic rings. The number of nitrogen functional groups attached to an aromatic ring is 1. The highest BCUT2D eigenvalue weighted by atomic mass is 32.1. The summed E-state index contributed by atoms with van der Waals surface area (Å²) < 4.78 is 0. The Hall–Kier alpha value is -1.88. The molecule has 1 amide bonds. The summed E-state index contributed by atoms with van der Waals surface area (Å²) in [4.78, 5) is 16.2. The number of benzene rings is 1. The van der Waals surface area contributed by atoms with Crippen LogP contribution in [-0.2, 0) is 16.6 Å². The third-order valence-electron chi connectivity index (χ3n) is 2.92. The van der Waals surface area contributed by atoms with Crippen LogP contribution < -0.4 is 11.1 Å². The Bertz CT molecular complexity index is 614. The van der Waals surface area contributed by atoms with E-state index in [-0.39, 0.29) is 17.7 Å². The van der Waals surface area contributed by atoms with Gasteiger partial charge in [0.2, 0.25) is 5.91 Å². The number of rotatable bonds is 3. The van der Waals surface area contributed by atoms with Crippen LogP contribution in [0, 0.1) is 0 Å². The summed E-state index contributed by atoms with van der Waals surface area (Å²) in [7, 11) is 0. The van der Waals surface area contributed by atoms with E-state index in [0.717, 1.165) is 11.3 Å². The van der Waals surface area contributed by atoms with Gasteiger partial charge in [0.15, 0.2) is 5.13 Å². The summed E-state index contributed by atoms with van der Waals surface area (Å²) in [5.74, 6) is -0.0769. The Labute approximate surface area is 123 Å². The van der Waals surface area contributed by atoms with Gasteiger partial charge in [-0.2, -0.15) is 0 Å². The minimum Gasteiger partial charge on any atom is -0.375 e. The largest absolute Gasteiger partial charge is 0.375 e. The number of carbonyl (C=O) groups excluding carboxylic acids is 1. The quantitative estimate of drug-likeness (QED) is 0.911. The number of nitrogens with one attached hydrogen (secondary N) is 1. The van der Waals surface area contributed by atoms with Crippen LogP contribution in [0.4, 0.5) is 10.8 Å². The lowest BCUT2D eigenvalue weighted by Gasteiger charge is -2.22. The lowest BCUT2D eigenvalue weighted by Crippen LogP contribution is -2.20. The zero-order valence-corrected chi connectivity index (χ0v) is 12.8. The summed E-state index contributed by atoms with van der Waals surface area (Å²) in [6.45, 7) is 6.37. The molecule has 0 spiro atoms. The smallest absolute Gasteiger partial charge is 0.230 e. The molecule has 0 atom stereocenters. The maximum atomic E-state index is 12.1. The van der Waals surface area contributed by atoms with Crippen molar-refractivity contribution in [1.82, 2.24) is 4.98 Å². The fourth-order valence-corrected chi connectivity index (χ4v) is 2.57. The van der Waals surface area contributed by atoms with E-state index in [9.17, 15) is 4.79 Å². The predicted octanol–water partition coefficient (Wildman–Crippen LogP) is 3.20. The van der Waals surface area contributed by atoms with Gasteiger partial charge < -0.3 is 11.1 Å². The first-order valence-corrected chi connectivity index (χ1v) is 7.33. The third kappa shape index (κ3) is 3.57. The first-order valence-electron chi connectivity index (χ1n) is 6.45. The number of thiazole rings is 1. The van der Waals surface area contributed by atoms with Crippen molar-refractivity contribution in [1.29, 1.82) is 0 Å². The van der Waals surface area contributed by atoms with E-state index in [1.165, 1.54) is 11.3 Å². The summed E-state index contributed by atoms with van der Waals surface area (Å²) in [6.07, 6.45) is 0.242. The van der Waals surface area contributed by atoms with Gasteiger partial charge in [0.05, 0.1) is 12.1 Å². The number of carbonyl (C=O) groups is 1. The Balaban J connectivity index is 2.12. The molecule has 0 fully saturated rings. The average Bonchev–Trinajstić information content (AvgIpc) is 2.73. The van der Waals surface area contributed by atoms with Crippen LogP contribution in [0.25, 0.3) is 0 Å². The molecule has 20 heavy (non-hydrogen) atoms. The molecule has 4 nitrogen and oxygen atoms in total. The average molecular weight is 289 g/mol. The highest BCUT2D eigenvalue weighted by Gasteiger charge is 2.18. The van der Waals surface area contributed by atoms with E-state index in [2.05, 4.69) is 31.1 Å². The molecular formula is C15H19N3OS. The van der Waals surface area contributed by atoms with Crippen molar-refractivity contribution < 1.29 is 4.79 Å². The number of hydrogen-bond donors (Lipinski definition) is 2. The van der Waals surface area contributed by atoms with Crippen LogP contribution in [-0.4, -0.2) is 10.9 Å². The molecule has 3 N–H and O–H groups in total. The van der Waals surface area contributed by atoms with Crippen molar-refractivity contribution in [2.45, 2.75) is 32.6 Å². The molecule has 106 valence electrons. The predicted molar refractivity (Wildman–Crippen MR) is 84.0 cm³/mol. The summed E-state index contributed by atoms with van der Waals surface area (Å²) in [6, 6.07) is 7.87. The summed E-state index contributed by atoms with van der Waals surface area (Å²) >= 11 is 1.35. The second-order valence-electron chi connectivity index (χ2n) is 5.70. The second-order valence-corrected chi connectivity index (χ2v) is 6.59.